The third-order valence-corrected chi connectivity index (χ3v) is 6.27. The van der Waals surface area contributed by atoms with Gasteiger partial charge in [-0.3, -0.25) is 14.5 Å². The molecule has 3 rings (SSSR count). The first-order chi connectivity index (χ1) is 16.4. The number of aromatic nitrogens is 1. The lowest BCUT2D eigenvalue weighted by molar-refractivity contribution is -0.149. The van der Waals surface area contributed by atoms with Gasteiger partial charge in [0.1, 0.15) is 12.0 Å². The second kappa shape index (κ2) is 12.6. The lowest BCUT2D eigenvalue weighted by Crippen LogP contribution is -2.43. The zero-order valence-electron chi connectivity index (χ0n) is 20.8. The van der Waals surface area contributed by atoms with E-state index in [1.165, 1.54) is 11.8 Å². The Morgan fingerprint density at radius 3 is 2.62 bits per heavy atom. The van der Waals surface area contributed by atoms with Crippen LogP contribution in [0.25, 0.3) is 0 Å². The first kappa shape index (κ1) is 25.7. The molecule has 1 aliphatic rings. The number of piperidine rings is 1. The van der Waals surface area contributed by atoms with Gasteiger partial charge in [-0.05, 0) is 57.7 Å². The Balaban J connectivity index is 1.64. The normalized spacial score (nSPS) is 17.0. The standard InChI is InChI=1S/C26H37N3O5/c1-5-19(4)29(15-20-10-12-22(13-11-20)32-6-2)17-24-27-23(18-34-24)25(30)28-14-8-9-21(16-28)26(31)33-7-3/h10-13,18-19,21H,5-9,14-17H2,1-4H3/t19-,21+/m0/s1. The summed E-state index contributed by atoms with van der Waals surface area (Å²) in [6.45, 7) is 11.3. The van der Waals surface area contributed by atoms with Crippen molar-refractivity contribution in [3.05, 3.63) is 47.7 Å². The van der Waals surface area contributed by atoms with Crippen LogP contribution in [0.3, 0.4) is 0 Å². The molecule has 34 heavy (non-hydrogen) atoms. The summed E-state index contributed by atoms with van der Waals surface area (Å²) in [5, 5.41) is 0. The molecule has 1 aliphatic heterocycles. The number of ether oxygens (including phenoxy) is 2. The molecule has 2 aromatic rings. The Morgan fingerprint density at radius 2 is 1.94 bits per heavy atom. The molecule has 8 nitrogen and oxygen atoms in total. The van der Waals surface area contributed by atoms with Crippen LogP contribution in [-0.4, -0.2) is 59.0 Å². The minimum atomic E-state index is -0.279. The zero-order chi connectivity index (χ0) is 24.5. The van der Waals surface area contributed by atoms with Crippen LogP contribution in [0.4, 0.5) is 0 Å². The Morgan fingerprint density at radius 1 is 1.18 bits per heavy atom. The van der Waals surface area contributed by atoms with Crippen molar-refractivity contribution >= 4 is 11.9 Å². The Bertz CT molecular complexity index is 927. The van der Waals surface area contributed by atoms with Crippen LogP contribution >= 0.6 is 0 Å². The fourth-order valence-electron chi connectivity index (χ4n) is 4.15. The van der Waals surface area contributed by atoms with Gasteiger partial charge in [-0.1, -0.05) is 19.1 Å². The summed E-state index contributed by atoms with van der Waals surface area (Å²) in [6.07, 6.45) is 3.91. The van der Waals surface area contributed by atoms with Crippen LogP contribution in [0.1, 0.15) is 68.9 Å². The predicted molar refractivity (Wildman–Crippen MR) is 128 cm³/mol. The lowest BCUT2D eigenvalue weighted by atomic mass is 9.98. The molecule has 8 heteroatoms. The van der Waals surface area contributed by atoms with Gasteiger partial charge in [-0.15, -0.1) is 0 Å². The molecule has 186 valence electrons. The highest BCUT2D eigenvalue weighted by molar-refractivity contribution is 5.92. The molecule has 0 aliphatic carbocycles. The summed E-state index contributed by atoms with van der Waals surface area (Å²) in [4.78, 5) is 33.6. The summed E-state index contributed by atoms with van der Waals surface area (Å²) in [5.74, 6) is 0.651. The van der Waals surface area contributed by atoms with Crippen molar-refractivity contribution in [3.8, 4) is 5.75 Å². The van der Waals surface area contributed by atoms with Crippen molar-refractivity contribution in [2.24, 2.45) is 5.92 Å². The minimum Gasteiger partial charge on any atom is -0.494 e. The Kier molecular flexibility index (Phi) is 9.51. The number of carbonyl (C=O) groups is 2. The van der Waals surface area contributed by atoms with Crippen molar-refractivity contribution in [3.63, 3.8) is 0 Å². The van der Waals surface area contributed by atoms with E-state index in [0.717, 1.165) is 31.6 Å². The summed E-state index contributed by atoms with van der Waals surface area (Å²) < 4.78 is 16.4. The molecule has 1 saturated heterocycles. The average molecular weight is 472 g/mol. The van der Waals surface area contributed by atoms with E-state index in [-0.39, 0.29) is 23.5 Å². The largest absolute Gasteiger partial charge is 0.494 e. The molecule has 1 fully saturated rings. The van der Waals surface area contributed by atoms with Gasteiger partial charge in [0.05, 0.1) is 25.7 Å². The number of nitrogens with zero attached hydrogens (tertiary/aromatic N) is 3. The summed E-state index contributed by atoms with van der Waals surface area (Å²) in [7, 11) is 0. The minimum absolute atomic E-state index is 0.203. The number of benzene rings is 1. The summed E-state index contributed by atoms with van der Waals surface area (Å²) >= 11 is 0. The van der Waals surface area contributed by atoms with Crippen molar-refractivity contribution in [1.29, 1.82) is 0 Å². The maximum Gasteiger partial charge on any atom is 0.310 e. The van der Waals surface area contributed by atoms with E-state index in [2.05, 4.69) is 35.9 Å². The van der Waals surface area contributed by atoms with Crippen LogP contribution in [0, 0.1) is 5.92 Å². The summed E-state index contributed by atoms with van der Waals surface area (Å²) in [5.41, 5.74) is 1.45. The van der Waals surface area contributed by atoms with Gasteiger partial charge in [0.25, 0.3) is 5.91 Å². The lowest BCUT2D eigenvalue weighted by Gasteiger charge is -2.30. The molecule has 0 saturated carbocycles. The first-order valence-electron chi connectivity index (χ1n) is 12.3. The molecule has 0 N–H and O–H groups in total. The van der Waals surface area contributed by atoms with Crippen LogP contribution in [-0.2, 0) is 22.6 Å². The number of rotatable bonds is 11. The topological polar surface area (TPSA) is 85.1 Å². The molecular formula is C26H37N3O5. The van der Waals surface area contributed by atoms with Gasteiger partial charge in [0.15, 0.2) is 5.69 Å². The molecule has 1 aromatic heterocycles. The third-order valence-electron chi connectivity index (χ3n) is 6.27. The zero-order valence-corrected chi connectivity index (χ0v) is 20.8. The van der Waals surface area contributed by atoms with Gasteiger partial charge >= 0.3 is 5.97 Å². The number of likely N-dealkylation sites (tertiary alicyclic amines) is 1. The smallest absolute Gasteiger partial charge is 0.310 e. The molecule has 0 radical (unpaired) electrons. The molecule has 0 bridgehead atoms. The fourth-order valence-corrected chi connectivity index (χ4v) is 4.15. The quantitative estimate of drug-likeness (QED) is 0.452. The molecule has 0 unspecified atom stereocenters. The molecule has 1 amide bonds. The van der Waals surface area contributed by atoms with Gasteiger partial charge in [0, 0.05) is 25.7 Å². The first-order valence-corrected chi connectivity index (χ1v) is 12.3. The molecular weight excluding hydrogens is 434 g/mol. The van der Waals surface area contributed by atoms with Crippen LogP contribution < -0.4 is 4.74 Å². The van der Waals surface area contributed by atoms with Crippen molar-refractivity contribution < 1.29 is 23.5 Å². The number of oxazole rings is 1. The molecule has 2 heterocycles. The monoisotopic (exact) mass is 471 g/mol. The average Bonchev–Trinajstić information content (AvgIpc) is 3.32. The van der Waals surface area contributed by atoms with E-state index in [4.69, 9.17) is 13.9 Å². The highest BCUT2D eigenvalue weighted by atomic mass is 16.5. The van der Waals surface area contributed by atoms with E-state index >= 15 is 0 Å². The van der Waals surface area contributed by atoms with Crippen molar-refractivity contribution in [1.82, 2.24) is 14.8 Å². The van der Waals surface area contributed by atoms with E-state index in [0.29, 0.717) is 44.8 Å². The van der Waals surface area contributed by atoms with E-state index in [9.17, 15) is 9.59 Å². The van der Waals surface area contributed by atoms with E-state index < -0.39 is 0 Å². The SMILES string of the molecule is CCOC(=O)[C@@H]1CCCN(C(=O)c2coc(CN(Cc3ccc(OCC)cc3)[C@@H](C)CC)n2)C1. The van der Waals surface area contributed by atoms with Crippen LogP contribution in [0.15, 0.2) is 34.9 Å². The Hall–Kier alpha value is -2.87. The number of carbonyl (C=O) groups excluding carboxylic acids is 2. The van der Waals surface area contributed by atoms with E-state index in [1.54, 1.807) is 11.8 Å². The van der Waals surface area contributed by atoms with Crippen LogP contribution in [0.2, 0.25) is 0 Å². The van der Waals surface area contributed by atoms with Gasteiger partial charge in [-0.25, -0.2) is 4.98 Å². The van der Waals surface area contributed by atoms with E-state index in [1.807, 2.05) is 19.1 Å². The Labute approximate surface area is 202 Å². The van der Waals surface area contributed by atoms with Crippen LogP contribution in [0.5, 0.6) is 5.75 Å². The number of hydrogen-bond donors (Lipinski definition) is 0. The molecule has 0 spiro atoms. The third kappa shape index (κ3) is 6.82. The predicted octanol–water partition coefficient (Wildman–Crippen LogP) is 4.29. The van der Waals surface area contributed by atoms with Crippen molar-refractivity contribution in [2.75, 3.05) is 26.3 Å². The fraction of sp³-hybridized carbons (Fsp3) is 0.577. The number of hydrogen-bond acceptors (Lipinski definition) is 7. The maximum absolute atomic E-state index is 13.0. The second-order valence-electron chi connectivity index (χ2n) is 8.71. The highest BCUT2D eigenvalue weighted by Crippen LogP contribution is 2.21. The second-order valence-corrected chi connectivity index (χ2v) is 8.71. The van der Waals surface area contributed by atoms with Gasteiger partial charge in [-0.2, -0.15) is 0 Å². The molecule has 2 atom stereocenters. The number of amides is 1. The number of esters is 1. The van der Waals surface area contributed by atoms with Crippen molar-refractivity contribution in [2.45, 2.75) is 66.1 Å². The summed E-state index contributed by atoms with van der Waals surface area (Å²) in [6, 6.07) is 8.42. The van der Waals surface area contributed by atoms with Gasteiger partial charge in [0.2, 0.25) is 5.89 Å². The molecule has 1 aromatic carbocycles. The maximum atomic E-state index is 13.0. The van der Waals surface area contributed by atoms with Gasteiger partial charge < -0.3 is 18.8 Å². The highest BCUT2D eigenvalue weighted by Gasteiger charge is 2.31.